The summed E-state index contributed by atoms with van der Waals surface area (Å²) < 4.78 is 0. The van der Waals surface area contributed by atoms with Crippen LogP contribution in [0.5, 0.6) is 0 Å². The van der Waals surface area contributed by atoms with Crippen molar-refractivity contribution in [1.82, 2.24) is 15.3 Å². The molecule has 3 heterocycles. The number of pyridine rings is 1. The number of nitrogens with zero attached hydrogens (tertiary/aromatic N) is 2. The summed E-state index contributed by atoms with van der Waals surface area (Å²) in [6.45, 7) is 6.48. The number of benzene rings is 1. The van der Waals surface area contributed by atoms with Gasteiger partial charge < -0.3 is 15.2 Å². The number of amides is 1. The lowest BCUT2D eigenvalue weighted by Crippen LogP contribution is -2.43. The number of aryl methyl sites for hydroxylation is 2. The first kappa shape index (κ1) is 17.6. The van der Waals surface area contributed by atoms with Gasteiger partial charge in [-0.05, 0) is 62.1 Å². The highest BCUT2D eigenvalue weighted by molar-refractivity contribution is 5.85. The SMILES string of the molecule is Cc1[nH]c2ccc(CNC(=O)[C@@H]3CCCN(c4ccccn4)C3)cc2c1C. The first-order valence-corrected chi connectivity index (χ1v) is 9.63. The average molecular weight is 362 g/mol. The number of anilines is 1. The van der Waals surface area contributed by atoms with Gasteiger partial charge in [0.2, 0.25) is 5.91 Å². The lowest BCUT2D eigenvalue weighted by molar-refractivity contribution is -0.125. The fourth-order valence-electron chi connectivity index (χ4n) is 3.89. The number of aromatic nitrogens is 2. The Morgan fingerprint density at radius 3 is 3.00 bits per heavy atom. The summed E-state index contributed by atoms with van der Waals surface area (Å²) in [7, 11) is 0. The van der Waals surface area contributed by atoms with Crippen molar-refractivity contribution in [1.29, 1.82) is 0 Å². The van der Waals surface area contributed by atoms with Crippen LogP contribution in [0.4, 0.5) is 5.82 Å². The highest BCUT2D eigenvalue weighted by Gasteiger charge is 2.26. The molecule has 5 heteroatoms. The van der Waals surface area contributed by atoms with Gasteiger partial charge in [-0.2, -0.15) is 0 Å². The van der Waals surface area contributed by atoms with Crippen LogP contribution in [-0.2, 0) is 11.3 Å². The van der Waals surface area contributed by atoms with Crippen molar-refractivity contribution in [2.45, 2.75) is 33.2 Å². The Hall–Kier alpha value is -2.82. The zero-order valence-electron chi connectivity index (χ0n) is 16.0. The molecule has 1 aliphatic rings. The summed E-state index contributed by atoms with van der Waals surface area (Å²) in [5.41, 5.74) is 4.76. The highest BCUT2D eigenvalue weighted by atomic mass is 16.1. The normalized spacial score (nSPS) is 17.3. The Kier molecular flexibility index (Phi) is 4.84. The first-order valence-electron chi connectivity index (χ1n) is 9.63. The van der Waals surface area contributed by atoms with Crippen LogP contribution in [0.2, 0.25) is 0 Å². The van der Waals surface area contributed by atoms with Crippen molar-refractivity contribution >= 4 is 22.6 Å². The maximum atomic E-state index is 12.7. The van der Waals surface area contributed by atoms with Crippen LogP contribution < -0.4 is 10.2 Å². The second-order valence-electron chi connectivity index (χ2n) is 7.45. The number of carbonyl (C=O) groups is 1. The first-order chi connectivity index (χ1) is 13.1. The van der Waals surface area contributed by atoms with E-state index in [1.165, 1.54) is 16.6 Å². The molecule has 0 aliphatic carbocycles. The topological polar surface area (TPSA) is 61.0 Å². The van der Waals surface area contributed by atoms with Crippen molar-refractivity contribution in [3.8, 4) is 0 Å². The quantitative estimate of drug-likeness (QED) is 0.744. The van der Waals surface area contributed by atoms with Gasteiger partial charge in [0, 0.05) is 42.4 Å². The third-order valence-electron chi connectivity index (χ3n) is 5.60. The molecule has 1 aliphatic heterocycles. The molecule has 2 aromatic heterocycles. The van der Waals surface area contributed by atoms with Crippen molar-refractivity contribution in [2.24, 2.45) is 5.92 Å². The minimum atomic E-state index is 0.0146. The van der Waals surface area contributed by atoms with E-state index in [0.717, 1.165) is 42.8 Å². The van der Waals surface area contributed by atoms with Gasteiger partial charge in [0.15, 0.2) is 0 Å². The minimum Gasteiger partial charge on any atom is -0.358 e. The van der Waals surface area contributed by atoms with E-state index in [0.29, 0.717) is 6.54 Å². The zero-order valence-corrected chi connectivity index (χ0v) is 16.0. The largest absolute Gasteiger partial charge is 0.358 e. The maximum Gasteiger partial charge on any atom is 0.225 e. The number of nitrogens with one attached hydrogen (secondary N) is 2. The van der Waals surface area contributed by atoms with Gasteiger partial charge in [-0.1, -0.05) is 12.1 Å². The molecule has 1 fully saturated rings. The smallest absolute Gasteiger partial charge is 0.225 e. The number of carbonyl (C=O) groups excluding carboxylic acids is 1. The molecule has 0 unspecified atom stereocenters. The van der Waals surface area contributed by atoms with E-state index in [4.69, 9.17) is 0 Å². The Balaban J connectivity index is 1.39. The third-order valence-corrected chi connectivity index (χ3v) is 5.60. The summed E-state index contributed by atoms with van der Waals surface area (Å²) in [6, 6.07) is 12.3. The van der Waals surface area contributed by atoms with Gasteiger partial charge in [-0.3, -0.25) is 4.79 Å². The molecule has 3 aromatic rings. The lowest BCUT2D eigenvalue weighted by Gasteiger charge is -2.32. The van der Waals surface area contributed by atoms with E-state index in [-0.39, 0.29) is 11.8 Å². The van der Waals surface area contributed by atoms with Crippen LogP contribution in [0.3, 0.4) is 0 Å². The Bertz CT molecular complexity index is 948. The summed E-state index contributed by atoms with van der Waals surface area (Å²) in [5, 5.41) is 4.37. The van der Waals surface area contributed by atoms with Crippen molar-refractivity contribution in [3.05, 3.63) is 59.4 Å². The summed E-state index contributed by atoms with van der Waals surface area (Å²) in [5.74, 6) is 1.11. The Morgan fingerprint density at radius 1 is 1.30 bits per heavy atom. The van der Waals surface area contributed by atoms with Crippen LogP contribution >= 0.6 is 0 Å². The monoisotopic (exact) mass is 362 g/mol. The highest BCUT2D eigenvalue weighted by Crippen LogP contribution is 2.23. The molecule has 0 spiro atoms. The van der Waals surface area contributed by atoms with Crippen molar-refractivity contribution in [3.63, 3.8) is 0 Å². The molecule has 0 saturated carbocycles. The van der Waals surface area contributed by atoms with Crippen molar-refractivity contribution < 1.29 is 4.79 Å². The molecular weight excluding hydrogens is 336 g/mol. The molecule has 140 valence electrons. The maximum absolute atomic E-state index is 12.7. The van der Waals surface area contributed by atoms with Crippen LogP contribution in [-0.4, -0.2) is 29.0 Å². The second kappa shape index (κ2) is 7.43. The summed E-state index contributed by atoms with van der Waals surface area (Å²) >= 11 is 0. The van der Waals surface area contributed by atoms with E-state index in [9.17, 15) is 4.79 Å². The molecule has 0 radical (unpaired) electrons. The number of fused-ring (bicyclic) bond motifs is 1. The average Bonchev–Trinajstić information content (AvgIpc) is 3.00. The lowest BCUT2D eigenvalue weighted by atomic mass is 9.97. The van der Waals surface area contributed by atoms with Gasteiger partial charge >= 0.3 is 0 Å². The minimum absolute atomic E-state index is 0.0146. The molecule has 4 rings (SSSR count). The number of hydrogen-bond donors (Lipinski definition) is 2. The zero-order chi connectivity index (χ0) is 18.8. The van der Waals surface area contributed by atoms with Gasteiger partial charge in [0.05, 0.1) is 5.92 Å². The molecule has 27 heavy (non-hydrogen) atoms. The predicted octanol–water partition coefficient (Wildman–Crippen LogP) is 3.71. The van der Waals surface area contributed by atoms with Gasteiger partial charge in [-0.25, -0.2) is 4.98 Å². The number of piperidine rings is 1. The number of aromatic amines is 1. The van der Waals surface area contributed by atoms with Crippen LogP contribution in [0.15, 0.2) is 42.6 Å². The van der Waals surface area contributed by atoms with E-state index in [1.807, 2.05) is 18.2 Å². The fourth-order valence-corrected chi connectivity index (χ4v) is 3.89. The molecule has 1 amide bonds. The number of rotatable bonds is 4. The van der Waals surface area contributed by atoms with Crippen LogP contribution in [0.1, 0.15) is 29.7 Å². The molecule has 0 bridgehead atoms. The molecule has 1 saturated heterocycles. The third kappa shape index (κ3) is 3.68. The van der Waals surface area contributed by atoms with E-state index in [2.05, 4.69) is 52.2 Å². The Labute approximate surface area is 159 Å². The van der Waals surface area contributed by atoms with E-state index < -0.39 is 0 Å². The van der Waals surface area contributed by atoms with Crippen LogP contribution in [0.25, 0.3) is 10.9 Å². The molecule has 1 atom stereocenters. The molecular formula is C22H26N4O. The predicted molar refractivity (Wildman–Crippen MR) is 109 cm³/mol. The van der Waals surface area contributed by atoms with Gasteiger partial charge in [-0.15, -0.1) is 0 Å². The van der Waals surface area contributed by atoms with Crippen molar-refractivity contribution in [2.75, 3.05) is 18.0 Å². The van der Waals surface area contributed by atoms with Gasteiger partial charge in [0.1, 0.15) is 5.82 Å². The Morgan fingerprint density at radius 2 is 2.19 bits per heavy atom. The number of H-pyrrole nitrogens is 1. The standard InChI is InChI=1S/C22H26N4O/c1-15-16(2)25-20-9-8-17(12-19(15)20)13-24-22(27)18-6-5-11-26(14-18)21-7-3-4-10-23-21/h3-4,7-10,12,18,25H,5-6,11,13-14H2,1-2H3,(H,24,27)/t18-/m1/s1. The van der Waals surface area contributed by atoms with Gasteiger partial charge in [0.25, 0.3) is 0 Å². The molecule has 5 nitrogen and oxygen atoms in total. The second-order valence-corrected chi connectivity index (χ2v) is 7.45. The number of hydrogen-bond acceptors (Lipinski definition) is 3. The molecule has 2 N–H and O–H groups in total. The summed E-state index contributed by atoms with van der Waals surface area (Å²) in [6.07, 6.45) is 3.76. The van der Waals surface area contributed by atoms with E-state index >= 15 is 0 Å². The summed E-state index contributed by atoms with van der Waals surface area (Å²) in [4.78, 5) is 22.7. The van der Waals surface area contributed by atoms with E-state index in [1.54, 1.807) is 6.20 Å². The fraction of sp³-hybridized carbons (Fsp3) is 0.364. The molecule has 1 aromatic carbocycles. The van der Waals surface area contributed by atoms with Crippen LogP contribution in [0, 0.1) is 19.8 Å².